The first-order chi connectivity index (χ1) is 5.29. The average molecular weight is 150 g/mol. The summed E-state index contributed by atoms with van der Waals surface area (Å²) in [5, 5.41) is 0. The zero-order chi connectivity index (χ0) is 7.84. The van der Waals surface area contributed by atoms with E-state index in [-0.39, 0.29) is 6.04 Å². The van der Waals surface area contributed by atoms with Crippen LogP contribution in [0.25, 0.3) is 0 Å². The number of aryl methyl sites for hydroxylation is 1. The number of H-pyrrole nitrogens is 1. The summed E-state index contributed by atoms with van der Waals surface area (Å²) in [7, 11) is 0. The Hall–Kier alpha value is -0.760. The second kappa shape index (κ2) is 2.38. The Bertz CT molecular complexity index is 248. The third kappa shape index (κ3) is 1.18. The molecule has 0 saturated heterocycles. The zero-order valence-electron chi connectivity index (χ0n) is 6.80. The van der Waals surface area contributed by atoms with Gasteiger partial charge in [0.15, 0.2) is 0 Å². The molecule has 2 nitrogen and oxygen atoms in total. The number of nitrogens with one attached hydrogen (secondary N) is 1. The first-order valence-corrected chi connectivity index (χ1v) is 4.18. The normalized spacial score (nSPS) is 20.2. The molecule has 1 aromatic rings. The quantitative estimate of drug-likeness (QED) is 0.662. The Morgan fingerprint density at radius 3 is 2.73 bits per heavy atom. The SMILES string of the molecule is Cc1c[nH]cc1[C@@H](N)C1CC1. The maximum Gasteiger partial charge on any atom is 0.0341 e. The van der Waals surface area contributed by atoms with Crippen LogP contribution in [0, 0.1) is 12.8 Å². The molecule has 0 unspecified atom stereocenters. The molecule has 60 valence electrons. The van der Waals surface area contributed by atoms with E-state index in [2.05, 4.69) is 11.9 Å². The number of rotatable bonds is 2. The van der Waals surface area contributed by atoms with Gasteiger partial charge in [-0.05, 0) is 36.8 Å². The van der Waals surface area contributed by atoms with Gasteiger partial charge in [0.05, 0.1) is 0 Å². The summed E-state index contributed by atoms with van der Waals surface area (Å²) in [5.74, 6) is 0.754. The molecule has 1 fully saturated rings. The smallest absolute Gasteiger partial charge is 0.0341 e. The predicted molar refractivity (Wildman–Crippen MR) is 45.2 cm³/mol. The van der Waals surface area contributed by atoms with Crippen LogP contribution in [0.5, 0.6) is 0 Å². The second-order valence-electron chi connectivity index (χ2n) is 3.46. The first-order valence-electron chi connectivity index (χ1n) is 4.18. The molecule has 0 aliphatic heterocycles. The molecule has 0 radical (unpaired) electrons. The van der Waals surface area contributed by atoms with Crippen molar-refractivity contribution in [2.45, 2.75) is 25.8 Å². The van der Waals surface area contributed by atoms with Crippen molar-refractivity contribution < 1.29 is 0 Å². The predicted octanol–water partition coefficient (Wildman–Crippen LogP) is 1.73. The fourth-order valence-electron chi connectivity index (χ4n) is 1.52. The zero-order valence-corrected chi connectivity index (χ0v) is 6.80. The van der Waals surface area contributed by atoms with E-state index in [1.807, 2.05) is 12.4 Å². The molecule has 1 aliphatic rings. The number of aromatic nitrogens is 1. The van der Waals surface area contributed by atoms with Gasteiger partial charge in [0.25, 0.3) is 0 Å². The van der Waals surface area contributed by atoms with Crippen LogP contribution >= 0.6 is 0 Å². The Balaban J connectivity index is 2.20. The molecule has 0 spiro atoms. The molecule has 3 N–H and O–H groups in total. The van der Waals surface area contributed by atoms with Crippen molar-refractivity contribution in [3.8, 4) is 0 Å². The highest BCUT2D eigenvalue weighted by Gasteiger charge is 2.30. The fourth-order valence-corrected chi connectivity index (χ4v) is 1.52. The van der Waals surface area contributed by atoms with Crippen molar-refractivity contribution in [1.82, 2.24) is 4.98 Å². The van der Waals surface area contributed by atoms with Gasteiger partial charge in [-0.25, -0.2) is 0 Å². The lowest BCUT2D eigenvalue weighted by Gasteiger charge is -2.08. The fraction of sp³-hybridized carbons (Fsp3) is 0.556. The van der Waals surface area contributed by atoms with Gasteiger partial charge in [0.2, 0.25) is 0 Å². The van der Waals surface area contributed by atoms with Gasteiger partial charge in [-0.2, -0.15) is 0 Å². The minimum atomic E-state index is 0.279. The molecule has 1 heterocycles. The lowest BCUT2D eigenvalue weighted by atomic mass is 10.0. The standard InChI is InChI=1S/C9H14N2/c1-6-4-11-5-8(6)9(10)7-2-3-7/h4-5,7,9,11H,2-3,10H2,1H3/t9-/m0/s1. The lowest BCUT2D eigenvalue weighted by molar-refractivity contribution is 0.631. The second-order valence-corrected chi connectivity index (χ2v) is 3.46. The first kappa shape index (κ1) is 6.92. The molecule has 1 aromatic heterocycles. The van der Waals surface area contributed by atoms with Crippen molar-refractivity contribution in [2.75, 3.05) is 0 Å². The molecular weight excluding hydrogens is 136 g/mol. The number of aromatic amines is 1. The molecule has 1 aliphatic carbocycles. The molecule has 1 atom stereocenters. The third-order valence-electron chi connectivity index (χ3n) is 2.48. The molecule has 11 heavy (non-hydrogen) atoms. The molecule has 0 aromatic carbocycles. The highest BCUT2D eigenvalue weighted by Crippen LogP contribution is 2.40. The van der Waals surface area contributed by atoms with Gasteiger partial charge in [0, 0.05) is 18.4 Å². The molecular formula is C9H14N2. The van der Waals surface area contributed by atoms with Crippen LogP contribution in [0.15, 0.2) is 12.4 Å². The van der Waals surface area contributed by atoms with Crippen molar-refractivity contribution in [3.05, 3.63) is 23.5 Å². The summed E-state index contributed by atoms with van der Waals surface area (Å²) in [4.78, 5) is 3.08. The topological polar surface area (TPSA) is 41.8 Å². The number of hydrogen-bond acceptors (Lipinski definition) is 1. The average Bonchev–Trinajstić information content (AvgIpc) is 2.74. The van der Waals surface area contributed by atoms with Crippen LogP contribution in [0.4, 0.5) is 0 Å². The van der Waals surface area contributed by atoms with Crippen LogP contribution in [-0.2, 0) is 0 Å². The maximum absolute atomic E-state index is 6.03. The maximum atomic E-state index is 6.03. The third-order valence-corrected chi connectivity index (χ3v) is 2.48. The van der Waals surface area contributed by atoms with Gasteiger partial charge in [-0.3, -0.25) is 0 Å². The monoisotopic (exact) mass is 150 g/mol. The Kier molecular flexibility index (Phi) is 1.50. The van der Waals surface area contributed by atoms with E-state index >= 15 is 0 Å². The molecule has 0 amide bonds. The van der Waals surface area contributed by atoms with Crippen LogP contribution in [0.1, 0.15) is 30.0 Å². The van der Waals surface area contributed by atoms with E-state index in [0.29, 0.717) is 0 Å². The van der Waals surface area contributed by atoms with Gasteiger partial charge < -0.3 is 10.7 Å². The summed E-state index contributed by atoms with van der Waals surface area (Å²) >= 11 is 0. The Morgan fingerprint density at radius 2 is 2.27 bits per heavy atom. The van der Waals surface area contributed by atoms with E-state index in [9.17, 15) is 0 Å². The van der Waals surface area contributed by atoms with Gasteiger partial charge in [-0.15, -0.1) is 0 Å². The summed E-state index contributed by atoms with van der Waals surface area (Å²) in [5.41, 5.74) is 8.62. The van der Waals surface area contributed by atoms with Crippen LogP contribution < -0.4 is 5.73 Å². The number of nitrogens with two attached hydrogens (primary N) is 1. The van der Waals surface area contributed by atoms with E-state index in [4.69, 9.17) is 5.73 Å². The van der Waals surface area contributed by atoms with Crippen LogP contribution in [0.3, 0.4) is 0 Å². The van der Waals surface area contributed by atoms with Gasteiger partial charge in [-0.1, -0.05) is 0 Å². The van der Waals surface area contributed by atoms with E-state index in [0.717, 1.165) is 5.92 Å². The van der Waals surface area contributed by atoms with Crippen molar-refractivity contribution in [3.63, 3.8) is 0 Å². The minimum Gasteiger partial charge on any atom is -0.367 e. The summed E-state index contributed by atoms with van der Waals surface area (Å²) in [6.07, 6.45) is 6.66. The lowest BCUT2D eigenvalue weighted by Crippen LogP contribution is -2.12. The van der Waals surface area contributed by atoms with Gasteiger partial charge >= 0.3 is 0 Å². The molecule has 2 heteroatoms. The van der Waals surface area contributed by atoms with E-state index in [1.165, 1.54) is 24.0 Å². The summed E-state index contributed by atoms with van der Waals surface area (Å²) < 4.78 is 0. The van der Waals surface area contributed by atoms with E-state index in [1.54, 1.807) is 0 Å². The van der Waals surface area contributed by atoms with Crippen LogP contribution in [-0.4, -0.2) is 4.98 Å². The van der Waals surface area contributed by atoms with Crippen LogP contribution in [0.2, 0.25) is 0 Å². The van der Waals surface area contributed by atoms with Crippen molar-refractivity contribution in [2.24, 2.45) is 11.7 Å². The molecule has 0 bridgehead atoms. The summed E-state index contributed by atoms with van der Waals surface area (Å²) in [6, 6.07) is 0.279. The Labute approximate surface area is 66.8 Å². The minimum absolute atomic E-state index is 0.279. The van der Waals surface area contributed by atoms with E-state index < -0.39 is 0 Å². The molecule has 1 saturated carbocycles. The highest BCUT2D eigenvalue weighted by atomic mass is 14.7. The van der Waals surface area contributed by atoms with Gasteiger partial charge in [0.1, 0.15) is 0 Å². The molecule has 2 rings (SSSR count). The summed E-state index contributed by atoms with van der Waals surface area (Å²) in [6.45, 7) is 2.11. The largest absolute Gasteiger partial charge is 0.367 e. The highest BCUT2D eigenvalue weighted by molar-refractivity contribution is 5.26. The van der Waals surface area contributed by atoms with Crippen molar-refractivity contribution >= 4 is 0 Å². The number of hydrogen-bond donors (Lipinski definition) is 2. The Morgan fingerprint density at radius 1 is 1.55 bits per heavy atom. The van der Waals surface area contributed by atoms with Crippen molar-refractivity contribution in [1.29, 1.82) is 0 Å².